The summed E-state index contributed by atoms with van der Waals surface area (Å²) < 4.78 is 10.7. The number of hydrogen-bond donors (Lipinski definition) is 0. The Bertz CT molecular complexity index is 623. The average Bonchev–Trinajstić information content (AvgIpc) is 2.65. The van der Waals surface area contributed by atoms with Gasteiger partial charge in [-0.1, -0.05) is 12.6 Å². The van der Waals surface area contributed by atoms with E-state index in [0.717, 1.165) is 42.7 Å². The molecule has 0 N–H and O–H groups in total. The summed E-state index contributed by atoms with van der Waals surface area (Å²) in [5.41, 5.74) is 2.04. The van der Waals surface area contributed by atoms with Crippen LogP contribution in [0.4, 0.5) is 0 Å². The number of esters is 1. The van der Waals surface area contributed by atoms with E-state index < -0.39 is 0 Å². The minimum Gasteiger partial charge on any atom is -0.494 e. The number of pyridine rings is 1. The fourth-order valence-electron chi connectivity index (χ4n) is 2.23. The Labute approximate surface area is 143 Å². The molecule has 0 unspecified atom stereocenters. The Morgan fingerprint density at radius 1 is 1.00 bits per heavy atom. The molecule has 4 heteroatoms. The van der Waals surface area contributed by atoms with Gasteiger partial charge in [0.25, 0.3) is 0 Å². The molecule has 0 fully saturated rings. The van der Waals surface area contributed by atoms with Crippen molar-refractivity contribution in [1.29, 1.82) is 0 Å². The summed E-state index contributed by atoms with van der Waals surface area (Å²) >= 11 is 0. The van der Waals surface area contributed by atoms with Crippen molar-refractivity contribution in [2.24, 2.45) is 0 Å². The standard InChI is InChI=1S/C20H23NO3/c1-2-20(22)24-16-8-4-3-7-15-23-18-12-10-17(11-13-18)19-9-5-6-14-21-19/h2,5-6,9-14H,1,3-4,7-8,15-16H2. The lowest BCUT2D eigenvalue weighted by Crippen LogP contribution is -2.02. The van der Waals surface area contributed by atoms with Gasteiger partial charge < -0.3 is 9.47 Å². The van der Waals surface area contributed by atoms with E-state index in [-0.39, 0.29) is 5.97 Å². The second-order valence-electron chi connectivity index (χ2n) is 5.37. The van der Waals surface area contributed by atoms with Crippen LogP contribution in [0.5, 0.6) is 5.75 Å². The number of ether oxygens (including phenoxy) is 2. The number of carbonyl (C=O) groups excluding carboxylic acids is 1. The second kappa shape index (κ2) is 10.2. The van der Waals surface area contributed by atoms with E-state index in [4.69, 9.17) is 9.47 Å². The van der Waals surface area contributed by atoms with Crippen LogP contribution in [0.25, 0.3) is 11.3 Å². The Kier molecular flexibility index (Phi) is 7.54. The molecular weight excluding hydrogens is 302 g/mol. The highest BCUT2D eigenvalue weighted by molar-refractivity contribution is 5.81. The molecule has 126 valence electrons. The Hall–Kier alpha value is -2.62. The minimum absolute atomic E-state index is 0.354. The van der Waals surface area contributed by atoms with E-state index in [2.05, 4.69) is 11.6 Å². The second-order valence-corrected chi connectivity index (χ2v) is 5.37. The summed E-state index contributed by atoms with van der Waals surface area (Å²) in [6.07, 6.45) is 6.91. The van der Waals surface area contributed by atoms with Gasteiger partial charge in [0.2, 0.25) is 0 Å². The molecule has 24 heavy (non-hydrogen) atoms. The molecule has 0 amide bonds. The van der Waals surface area contributed by atoms with Crippen LogP contribution in [0.15, 0.2) is 61.3 Å². The quantitative estimate of drug-likeness (QED) is 0.369. The molecule has 0 aliphatic rings. The van der Waals surface area contributed by atoms with Crippen molar-refractivity contribution >= 4 is 5.97 Å². The van der Waals surface area contributed by atoms with E-state index in [9.17, 15) is 4.79 Å². The van der Waals surface area contributed by atoms with Crippen LogP contribution in [0.3, 0.4) is 0 Å². The first-order chi connectivity index (χ1) is 11.8. The third kappa shape index (κ3) is 6.24. The van der Waals surface area contributed by atoms with Crippen LogP contribution in [-0.4, -0.2) is 24.2 Å². The van der Waals surface area contributed by atoms with E-state index in [1.54, 1.807) is 6.20 Å². The predicted molar refractivity (Wildman–Crippen MR) is 94.8 cm³/mol. The summed E-state index contributed by atoms with van der Waals surface area (Å²) in [5.74, 6) is 0.516. The van der Waals surface area contributed by atoms with Gasteiger partial charge >= 0.3 is 5.97 Å². The molecule has 0 saturated carbocycles. The molecule has 1 heterocycles. The Morgan fingerprint density at radius 3 is 2.42 bits per heavy atom. The van der Waals surface area contributed by atoms with Gasteiger partial charge in [-0.3, -0.25) is 4.98 Å². The fraction of sp³-hybridized carbons (Fsp3) is 0.300. The lowest BCUT2D eigenvalue weighted by atomic mass is 10.1. The number of carbonyl (C=O) groups is 1. The molecule has 0 aliphatic carbocycles. The monoisotopic (exact) mass is 325 g/mol. The van der Waals surface area contributed by atoms with Crippen molar-refractivity contribution in [1.82, 2.24) is 4.98 Å². The van der Waals surface area contributed by atoms with E-state index in [1.165, 1.54) is 6.08 Å². The topological polar surface area (TPSA) is 48.4 Å². The lowest BCUT2D eigenvalue weighted by Gasteiger charge is -2.07. The van der Waals surface area contributed by atoms with Gasteiger partial charge in [0.1, 0.15) is 5.75 Å². The molecule has 0 radical (unpaired) electrons. The summed E-state index contributed by atoms with van der Waals surface area (Å²) in [4.78, 5) is 15.2. The van der Waals surface area contributed by atoms with Gasteiger partial charge in [-0.05, 0) is 62.1 Å². The molecule has 2 rings (SSSR count). The maximum absolute atomic E-state index is 10.9. The van der Waals surface area contributed by atoms with Crippen molar-refractivity contribution in [3.8, 4) is 17.0 Å². The molecule has 1 aromatic carbocycles. The van der Waals surface area contributed by atoms with Crippen LogP contribution < -0.4 is 4.74 Å². The fourth-order valence-corrected chi connectivity index (χ4v) is 2.23. The third-order valence-corrected chi connectivity index (χ3v) is 3.53. The number of nitrogens with zero attached hydrogens (tertiary/aromatic N) is 1. The van der Waals surface area contributed by atoms with Crippen LogP contribution in [0, 0.1) is 0 Å². The molecular formula is C20H23NO3. The third-order valence-electron chi connectivity index (χ3n) is 3.53. The molecule has 0 aliphatic heterocycles. The summed E-state index contributed by atoms with van der Waals surface area (Å²) in [5, 5.41) is 0. The van der Waals surface area contributed by atoms with Crippen molar-refractivity contribution in [3.05, 3.63) is 61.3 Å². The summed E-state index contributed by atoms with van der Waals surface area (Å²) in [7, 11) is 0. The van der Waals surface area contributed by atoms with Crippen molar-refractivity contribution < 1.29 is 14.3 Å². The zero-order valence-corrected chi connectivity index (χ0v) is 13.8. The van der Waals surface area contributed by atoms with Crippen molar-refractivity contribution in [3.63, 3.8) is 0 Å². The van der Waals surface area contributed by atoms with Gasteiger partial charge in [0, 0.05) is 17.8 Å². The highest BCUT2D eigenvalue weighted by atomic mass is 16.5. The van der Waals surface area contributed by atoms with Crippen molar-refractivity contribution in [2.75, 3.05) is 13.2 Å². The number of benzene rings is 1. The molecule has 1 aromatic heterocycles. The molecule has 0 atom stereocenters. The molecule has 0 saturated heterocycles. The molecule has 0 bridgehead atoms. The first kappa shape index (κ1) is 17.7. The molecule has 4 nitrogen and oxygen atoms in total. The van der Waals surface area contributed by atoms with Gasteiger partial charge in [-0.25, -0.2) is 4.79 Å². The number of aromatic nitrogens is 1. The van der Waals surface area contributed by atoms with Gasteiger partial charge in [0.05, 0.1) is 18.9 Å². The minimum atomic E-state index is -0.354. The predicted octanol–water partition coefficient (Wildman–Crippen LogP) is 4.42. The summed E-state index contributed by atoms with van der Waals surface area (Å²) in [6.45, 7) is 4.51. The zero-order valence-electron chi connectivity index (χ0n) is 13.8. The summed E-state index contributed by atoms with van der Waals surface area (Å²) in [6, 6.07) is 13.9. The highest BCUT2D eigenvalue weighted by Gasteiger charge is 2.00. The molecule has 0 spiro atoms. The van der Waals surface area contributed by atoms with Gasteiger partial charge in [-0.15, -0.1) is 0 Å². The maximum atomic E-state index is 10.9. The van der Waals surface area contributed by atoms with Gasteiger partial charge in [0.15, 0.2) is 0 Å². The van der Waals surface area contributed by atoms with E-state index in [0.29, 0.717) is 13.2 Å². The van der Waals surface area contributed by atoms with Gasteiger partial charge in [-0.2, -0.15) is 0 Å². The van der Waals surface area contributed by atoms with Crippen LogP contribution in [0.2, 0.25) is 0 Å². The van der Waals surface area contributed by atoms with E-state index >= 15 is 0 Å². The first-order valence-corrected chi connectivity index (χ1v) is 8.23. The Morgan fingerprint density at radius 2 is 1.75 bits per heavy atom. The SMILES string of the molecule is C=CC(=O)OCCCCCCOc1ccc(-c2ccccn2)cc1. The molecule has 2 aromatic rings. The van der Waals surface area contributed by atoms with Crippen LogP contribution in [-0.2, 0) is 9.53 Å². The number of hydrogen-bond acceptors (Lipinski definition) is 4. The Balaban J connectivity index is 1.60. The van der Waals surface area contributed by atoms with Crippen molar-refractivity contribution in [2.45, 2.75) is 25.7 Å². The highest BCUT2D eigenvalue weighted by Crippen LogP contribution is 2.20. The average molecular weight is 325 g/mol. The maximum Gasteiger partial charge on any atom is 0.330 e. The lowest BCUT2D eigenvalue weighted by molar-refractivity contribution is -0.137. The normalized spacial score (nSPS) is 10.2. The largest absolute Gasteiger partial charge is 0.494 e. The van der Waals surface area contributed by atoms with E-state index in [1.807, 2.05) is 42.5 Å². The van der Waals surface area contributed by atoms with Crippen LogP contribution >= 0.6 is 0 Å². The first-order valence-electron chi connectivity index (χ1n) is 8.23. The zero-order chi connectivity index (χ0) is 17.0. The smallest absolute Gasteiger partial charge is 0.330 e. The number of rotatable bonds is 10. The van der Waals surface area contributed by atoms with Crippen LogP contribution in [0.1, 0.15) is 25.7 Å². The number of unbranched alkanes of at least 4 members (excludes halogenated alkanes) is 3.